The molecule has 0 amide bonds. The highest BCUT2D eigenvalue weighted by Gasteiger charge is 1.99. The molecule has 4 nitrogen and oxygen atoms in total. The summed E-state index contributed by atoms with van der Waals surface area (Å²) in [5.74, 6) is 0.954. The molecule has 2 aromatic rings. The lowest BCUT2D eigenvalue weighted by Gasteiger charge is -2.04. The van der Waals surface area contributed by atoms with E-state index in [9.17, 15) is 0 Å². The van der Waals surface area contributed by atoms with Crippen LogP contribution in [0, 0.1) is 0 Å². The zero-order chi connectivity index (χ0) is 10.5. The molecular formula is C10H12N4S. The lowest BCUT2D eigenvalue weighted by molar-refractivity contribution is 0.666. The SMILES string of the molecule is Nc1cnccc1SCCn1cccn1. The predicted molar refractivity (Wildman–Crippen MR) is 61.6 cm³/mol. The van der Waals surface area contributed by atoms with Crippen LogP contribution in [0.4, 0.5) is 5.69 Å². The van der Waals surface area contributed by atoms with Crippen LogP contribution in [0.1, 0.15) is 0 Å². The Morgan fingerprint density at radius 3 is 3.07 bits per heavy atom. The molecule has 5 heteroatoms. The lowest BCUT2D eigenvalue weighted by atomic mass is 10.4. The number of aromatic nitrogens is 3. The lowest BCUT2D eigenvalue weighted by Crippen LogP contribution is -2.00. The van der Waals surface area contributed by atoms with Crippen LogP contribution in [0.15, 0.2) is 41.8 Å². The molecule has 0 aliphatic heterocycles. The highest BCUT2D eigenvalue weighted by Crippen LogP contribution is 2.23. The third-order valence-corrected chi connectivity index (χ3v) is 3.02. The summed E-state index contributed by atoms with van der Waals surface area (Å²) >= 11 is 1.72. The molecule has 2 heterocycles. The molecule has 0 aliphatic rings. The second-order valence-corrected chi connectivity index (χ2v) is 4.17. The summed E-state index contributed by atoms with van der Waals surface area (Å²) in [6, 6.07) is 3.86. The Bertz CT molecular complexity index is 413. The smallest absolute Gasteiger partial charge is 0.0638 e. The molecular weight excluding hydrogens is 208 g/mol. The van der Waals surface area contributed by atoms with E-state index < -0.39 is 0 Å². The zero-order valence-corrected chi connectivity index (χ0v) is 9.02. The number of hydrogen-bond acceptors (Lipinski definition) is 4. The van der Waals surface area contributed by atoms with E-state index in [2.05, 4.69) is 10.1 Å². The fraction of sp³-hybridized carbons (Fsp3) is 0.200. The molecule has 15 heavy (non-hydrogen) atoms. The summed E-state index contributed by atoms with van der Waals surface area (Å²) in [6.07, 6.45) is 7.17. The van der Waals surface area contributed by atoms with E-state index in [1.807, 2.05) is 23.0 Å². The highest BCUT2D eigenvalue weighted by atomic mass is 32.2. The Kier molecular flexibility index (Phi) is 3.24. The van der Waals surface area contributed by atoms with Gasteiger partial charge in [-0.05, 0) is 12.1 Å². The number of nitrogen functional groups attached to an aromatic ring is 1. The van der Waals surface area contributed by atoms with Gasteiger partial charge in [0, 0.05) is 29.2 Å². The van der Waals surface area contributed by atoms with Crippen molar-refractivity contribution in [2.24, 2.45) is 0 Å². The first-order chi connectivity index (χ1) is 7.36. The number of thioether (sulfide) groups is 1. The number of nitrogens with zero attached hydrogens (tertiary/aromatic N) is 3. The summed E-state index contributed by atoms with van der Waals surface area (Å²) < 4.78 is 1.91. The molecule has 0 spiro atoms. The number of pyridine rings is 1. The van der Waals surface area contributed by atoms with Gasteiger partial charge in [0.05, 0.1) is 18.4 Å². The molecule has 2 aromatic heterocycles. The van der Waals surface area contributed by atoms with E-state index in [1.54, 1.807) is 30.4 Å². The Morgan fingerprint density at radius 1 is 1.40 bits per heavy atom. The monoisotopic (exact) mass is 220 g/mol. The van der Waals surface area contributed by atoms with Crippen molar-refractivity contribution in [3.05, 3.63) is 36.9 Å². The molecule has 0 aliphatic carbocycles. The van der Waals surface area contributed by atoms with Gasteiger partial charge in [-0.2, -0.15) is 5.10 Å². The normalized spacial score (nSPS) is 10.4. The standard InChI is InChI=1S/C10H12N4S/c11-9-8-12-4-2-10(9)15-7-6-14-5-1-3-13-14/h1-5,8H,6-7,11H2. The van der Waals surface area contributed by atoms with Crippen LogP contribution < -0.4 is 5.73 Å². The minimum Gasteiger partial charge on any atom is -0.397 e. The van der Waals surface area contributed by atoms with Gasteiger partial charge in [0.1, 0.15) is 0 Å². The second kappa shape index (κ2) is 4.84. The van der Waals surface area contributed by atoms with Crippen LogP contribution in [-0.2, 0) is 6.54 Å². The van der Waals surface area contributed by atoms with Crippen molar-refractivity contribution in [2.45, 2.75) is 11.4 Å². The summed E-state index contributed by atoms with van der Waals surface area (Å²) in [6.45, 7) is 0.888. The molecule has 0 aromatic carbocycles. The minimum absolute atomic E-state index is 0.739. The van der Waals surface area contributed by atoms with Gasteiger partial charge in [0.15, 0.2) is 0 Å². The van der Waals surface area contributed by atoms with E-state index >= 15 is 0 Å². The maximum Gasteiger partial charge on any atom is 0.0638 e. The first-order valence-electron chi connectivity index (χ1n) is 4.66. The van der Waals surface area contributed by atoms with Crippen molar-refractivity contribution >= 4 is 17.4 Å². The Labute approximate surface area is 92.5 Å². The van der Waals surface area contributed by atoms with Crippen LogP contribution in [0.25, 0.3) is 0 Å². The number of aryl methyl sites for hydroxylation is 1. The van der Waals surface area contributed by atoms with E-state index in [-0.39, 0.29) is 0 Å². The largest absolute Gasteiger partial charge is 0.397 e. The second-order valence-electron chi connectivity index (χ2n) is 3.03. The Balaban J connectivity index is 1.86. The van der Waals surface area contributed by atoms with E-state index in [4.69, 9.17) is 5.73 Å². The van der Waals surface area contributed by atoms with Gasteiger partial charge in [-0.25, -0.2) is 0 Å². The van der Waals surface area contributed by atoms with Gasteiger partial charge in [-0.3, -0.25) is 9.67 Å². The third-order valence-electron chi connectivity index (χ3n) is 1.95. The quantitative estimate of drug-likeness (QED) is 0.796. The molecule has 0 saturated carbocycles. The van der Waals surface area contributed by atoms with Crippen molar-refractivity contribution in [3.8, 4) is 0 Å². The Hall–Kier alpha value is -1.49. The van der Waals surface area contributed by atoms with E-state index in [0.29, 0.717) is 0 Å². The third kappa shape index (κ3) is 2.73. The van der Waals surface area contributed by atoms with Gasteiger partial charge >= 0.3 is 0 Å². The van der Waals surface area contributed by atoms with Gasteiger partial charge in [0.2, 0.25) is 0 Å². The van der Waals surface area contributed by atoms with Crippen LogP contribution in [0.3, 0.4) is 0 Å². The fourth-order valence-electron chi connectivity index (χ4n) is 1.21. The molecule has 0 atom stereocenters. The van der Waals surface area contributed by atoms with Crippen LogP contribution in [0.2, 0.25) is 0 Å². The van der Waals surface area contributed by atoms with Crippen molar-refractivity contribution in [3.63, 3.8) is 0 Å². The van der Waals surface area contributed by atoms with Crippen molar-refractivity contribution in [2.75, 3.05) is 11.5 Å². The van der Waals surface area contributed by atoms with Crippen LogP contribution in [0.5, 0.6) is 0 Å². The van der Waals surface area contributed by atoms with Crippen molar-refractivity contribution in [1.82, 2.24) is 14.8 Å². The fourth-order valence-corrected chi connectivity index (χ4v) is 2.08. The number of nitrogens with two attached hydrogens (primary N) is 1. The summed E-state index contributed by atoms with van der Waals surface area (Å²) in [5.41, 5.74) is 6.51. The molecule has 0 fully saturated rings. The number of rotatable bonds is 4. The first kappa shape index (κ1) is 10.0. The number of hydrogen-bond donors (Lipinski definition) is 1. The van der Waals surface area contributed by atoms with Crippen molar-refractivity contribution in [1.29, 1.82) is 0 Å². The minimum atomic E-state index is 0.739. The molecule has 0 unspecified atom stereocenters. The van der Waals surface area contributed by atoms with Gasteiger partial charge in [0.25, 0.3) is 0 Å². The van der Waals surface area contributed by atoms with Crippen molar-refractivity contribution < 1.29 is 0 Å². The summed E-state index contributed by atoms with van der Waals surface area (Å²) in [4.78, 5) is 5.03. The highest BCUT2D eigenvalue weighted by molar-refractivity contribution is 7.99. The van der Waals surface area contributed by atoms with E-state index in [0.717, 1.165) is 22.9 Å². The Morgan fingerprint density at radius 2 is 2.33 bits per heavy atom. The maximum atomic E-state index is 5.77. The first-order valence-corrected chi connectivity index (χ1v) is 5.64. The van der Waals surface area contributed by atoms with Crippen LogP contribution >= 0.6 is 11.8 Å². The van der Waals surface area contributed by atoms with E-state index in [1.165, 1.54) is 0 Å². The average Bonchev–Trinajstić information content (AvgIpc) is 2.74. The molecule has 0 saturated heterocycles. The zero-order valence-electron chi connectivity index (χ0n) is 8.21. The van der Waals surface area contributed by atoms with Gasteiger partial charge in [-0.15, -0.1) is 11.8 Å². The molecule has 2 N–H and O–H groups in total. The predicted octanol–water partition coefficient (Wildman–Crippen LogP) is 1.65. The van der Waals surface area contributed by atoms with Gasteiger partial charge in [-0.1, -0.05) is 0 Å². The average molecular weight is 220 g/mol. The van der Waals surface area contributed by atoms with Crippen LogP contribution in [-0.4, -0.2) is 20.5 Å². The molecule has 0 bridgehead atoms. The topological polar surface area (TPSA) is 56.7 Å². The van der Waals surface area contributed by atoms with Gasteiger partial charge < -0.3 is 5.73 Å². The summed E-state index contributed by atoms with van der Waals surface area (Å²) in [7, 11) is 0. The molecule has 2 rings (SSSR count). The summed E-state index contributed by atoms with van der Waals surface area (Å²) in [5, 5.41) is 4.13. The number of anilines is 1. The maximum absolute atomic E-state index is 5.77. The molecule has 0 radical (unpaired) electrons. The molecule has 78 valence electrons.